The van der Waals surface area contributed by atoms with E-state index in [-0.39, 0.29) is 11.9 Å². The Morgan fingerprint density at radius 2 is 2.14 bits per heavy atom. The summed E-state index contributed by atoms with van der Waals surface area (Å²) in [5.74, 6) is 0.865. The van der Waals surface area contributed by atoms with E-state index in [1.165, 1.54) is 0 Å². The molecule has 8 nitrogen and oxygen atoms in total. The first-order chi connectivity index (χ1) is 14.2. The van der Waals surface area contributed by atoms with Crippen molar-refractivity contribution in [3.8, 4) is 11.5 Å². The first-order valence-corrected chi connectivity index (χ1v) is 10.0. The Kier molecular flexibility index (Phi) is 4.38. The highest BCUT2D eigenvalue weighted by atomic mass is 16.2. The second-order valence-electron chi connectivity index (χ2n) is 7.37. The van der Waals surface area contributed by atoms with Crippen LogP contribution in [0.5, 0.6) is 0 Å². The molecule has 1 atom stereocenters. The third kappa shape index (κ3) is 3.20. The first-order valence-electron chi connectivity index (χ1n) is 10.0. The van der Waals surface area contributed by atoms with Crippen LogP contribution in [0.25, 0.3) is 22.6 Å². The lowest BCUT2D eigenvalue weighted by molar-refractivity contribution is -0.135. The van der Waals surface area contributed by atoms with Crippen molar-refractivity contribution >= 4 is 16.9 Å². The Balaban J connectivity index is 1.42. The number of para-hydroxylation sites is 2. The lowest BCUT2D eigenvalue weighted by Gasteiger charge is -2.25. The molecule has 1 aromatic carbocycles. The molecule has 29 heavy (non-hydrogen) atoms. The molecule has 1 aliphatic heterocycles. The van der Waals surface area contributed by atoms with Crippen molar-refractivity contribution in [2.75, 3.05) is 6.54 Å². The van der Waals surface area contributed by atoms with Gasteiger partial charge < -0.3 is 9.88 Å². The molecule has 0 radical (unpaired) electrons. The summed E-state index contributed by atoms with van der Waals surface area (Å²) >= 11 is 0. The van der Waals surface area contributed by atoms with Crippen LogP contribution < -0.4 is 0 Å². The number of aromatic amines is 1. The lowest BCUT2D eigenvalue weighted by Crippen LogP contribution is -2.37. The molecule has 148 valence electrons. The molecule has 3 aromatic heterocycles. The molecule has 0 fully saturated rings. The summed E-state index contributed by atoms with van der Waals surface area (Å²) in [5.41, 5.74) is 3.76. The Morgan fingerprint density at radius 1 is 1.24 bits per heavy atom. The Labute approximate surface area is 168 Å². The molecule has 5 rings (SSSR count). The van der Waals surface area contributed by atoms with E-state index in [4.69, 9.17) is 5.10 Å². The zero-order chi connectivity index (χ0) is 19.8. The Bertz CT molecular complexity index is 1110. The third-order valence-corrected chi connectivity index (χ3v) is 5.47. The van der Waals surface area contributed by atoms with E-state index in [1.807, 2.05) is 59.1 Å². The van der Waals surface area contributed by atoms with E-state index >= 15 is 0 Å². The topological polar surface area (TPSA) is 84.6 Å². The summed E-state index contributed by atoms with van der Waals surface area (Å²) in [6, 6.07) is 11.6. The maximum Gasteiger partial charge on any atom is 0.247 e. The van der Waals surface area contributed by atoms with Gasteiger partial charge in [-0.15, -0.1) is 0 Å². The summed E-state index contributed by atoms with van der Waals surface area (Å²) < 4.78 is 3.76. The second kappa shape index (κ2) is 7.20. The average Bonchev–Trinajstić information content (AvgIpc) is 3.46. The molecular weight excluding hydrogens is 366 g/mol. The normalized spacial score (nSPS) is 15.3. The number of carbonyl (C=O) groups is 1. The van der Waals surface area contributed by atoms with Gasteiger partial charge in [-0.3, -0.25) is 14.2 Å². The molecule has 1 N–H and O–H groups in total. The van der Waals surface area contributed by atoms with Crippen LogP contribution in [0.1, 0.15) is 31.5 Å². The van der Waals surface area contributed by atoms with Gasteiger partial charge in [-0.05, 0) is 37.1 Å². The molecule has 4 heterocycles. The van der Waals surface area contributed by atoms with E-state index in [1.54, 1.807) is 10.9 Å². The zero-order valence-corrected chi connectivity index (χ0v) is 16.3. The molecule has 0 bridgehead atoms. The van der Waals surface area contributed by atoms with Crippen LogP contribution in [0, 0.1) is 0 Å². The number of nitrogens with zero attached hydrogens (tertiary/aromatic N) is 6. The highest BCUT2D eigenvalue weighted by Crippen LogP contribution is 2.24. The van der Waals surface area contributed by atoms with Crippen LogP contribution in [0.4, 0.5) is 0 Å². The number of imidazole rings is 1. The maximum atomic E-state index is 13.2. The molecule has 1 aliphatic rings. The van der Waals surface area contributed by atoms with E-state index in [2.05, 4.69) is 15.1 Å². The number of aromatic nitrogens is 6. The van der Waals surface area contributed by atoms with Gasteiger partial charge in [-0.25, -0.2) is 4.98 Å². The van der Waals surface area contributed by atoms with Gasteiger partial charge in [0.15, 0.2) is 5.82 Å². The van der Waals surface area contributed by atoms with E-state index in [9.17, 15) is 4.79 Å². The average molecular weight is 389 g/mol. The fraction of sp³-hybridized carbons (Fsp3) is 0.333. The summed E-state index contributed by atoms with van der Waals surface area (Å²) in [6.07, 6.45) is 5.15. The number of benzene rings is 1. The van der Waals surface area contributed by atoms with Crippen molar-refractivity contribution in [3.05, 3.63) is 54.5 Å². The van der Waals surface area contributed by atoms with E-state index in [0.717, 1.165) is 47.8 Å². The van der Waals surface area contributed by atoms with Crippen molar-refractivity contribution in [3.63, 3.8) is 0 Å². The molecule has 0 saturated heterocycles. The number of amides is 1. The highest BCUT2D eigenvalue weighted by molar-refractivity contribution is 5.80. The predicted octanol–water partition coefficient (Wildman–Crippen LogP) is 3.01. The van der Waals surface area contributed by atoms with Crippen LogP contribution in [0.3, 0.4) is 0 Å². The monoisotopic (exact) mass is 389 g/mol. The van der Waals surface area contributed by atoms with Crippen molar-refractivity contribution in [2.24, 2.45) is 0 Å². The molecule has 0 spiro atoms. The number of fused-ring (bicyclic) bond motifs is 2. The van der Waals surface area contributed by atoms with Gasteiger partial charge in [0, 0.05) is 25.5 Å². The minimum absolute atomic E-state index is 0.108. The first kappa shape index (κ1) is 17.7. The fourth-order valence-electron chi connectivity index (χ4n) is 3.99. The van der Waals surface area contributed by atoms with Crippen molar-refractivity contribution in [1.82, 2.24) is 34.4 Å². The summed E-state index contributed by atoms with van der Waals surface area (Å²) in [4.78, 5) is 23.1. The van der Waals surface area contributed by atoms with Crippen LogP contribution in [0.15, 0.2) is 48.8 Å². The van der Waals surface area contributed by atoms with Gasteiger partial charge in [-0.2, -0.15) is 10.2 Å². The van der Waals surface area contributed by atoms with Gasteiger partial charge in [0.2, 0.25) is 5.91 Å². The van der Waals surface area contributed by atoms with Gasteiger partial charge in [0.1, 0.15) is 11.7 Å². The molecular formula is C21H23N7O. The second-order valence-corrected chi connectivity index (χ2v) is 7.37. The maximum absolute atomic E-state index is 13.2. The number of nitrogens with one attached hydrogen (secondary N) is 1. The molecule has 0 saturated carbocycles. The van der Waals surface area contributed by atoms with Gasteiger partial charge in [0.25, 0.3) is 0 Å². The molecule has 4 aromatic rings. The summed E-state index contributed by atoms with van der Waals surface area (Å²) in [5, 5.41) is 9.03. The zero-order valence-electron chi connectivity index (χ0n) is 16.3. The van der Waals surface area contributed by atoms with Crippen LogP contribution in [0.2, 0.25) is 0 Å². The lowest BCUT2D eigenvalue weighted by atomic mass is 10.2. The number of carbonyl (C=O) groups excluding carboxylic acids is 1. The summed E-state index contributed by atoms with van der Waals surface area (Å²) in [7, 11) is 0. The van der Waals surface area contributed by atoms with Gasteiger partial charge in [0.05, 0.1) is 23.3 Å². The largest absolute Gasteiger partial charge is 0.337 e. The minimum Gasteiger partial charge on any atom is -0.337 e. The Hall–Kier alpha value is -3.42. The highest BCUT2D eigenvalue weighted by Gasteiger charge is 2.27. The molecule has 0 unspecified atom stereocenters. The minimum atomic E-state index is -0.269. The van der Waals surface area contributed by atoms with E-state index < -0.39 is 0 Å². The van der Waals surface area contributed by atoms with Gasteiger partial charge >= 0.3 is 0 Å². The number of aryl methyl sites for hydroxylation is 1. The van der Waals surface area contributed by atoms with Crippen molar-refractivity contribution in [1.29, 1.82) is 0 Å². The van der Waals surface area contributed by atoms with Crippen molar-refractivity contribution in [2.45, 2.75) is 38.9 Å². The van der Waals surface area contributed by atoms with Crippen LogP contribution in [-0.2, 0) is 17.9 Å². The SMILES string of the molecule is CC[C@H](C(=O)N1CCCn2nc(-c3nc4ccccc4[nH]3)cc2C1)n1cccn1. The molecule has 0 aliphatic carbocycles. The summed E-state index contributed by atoms with van der Waals surface area (Å²) in [6.45, 7) is 4.08. The standard InChI is InChI=1S/C21H23N7O/c1-2-19(28-11-5-9-22-28)21(29)26-10-6-12-27-15(14-26)13-18(25-27)20-23-16-7-3-4-8-17(16)24-20/h3-5,7-9,11,13,19H,2,6,10,12,14H2,1H3,(H,23,24)/t19-/m1/s1. The Morgan fingerprint density at radius 3 is 2.93 bits per heavy atom. The number of rotatable bonds is 4. The van der Waals surface area contributed by atoms with E-state index in [0.29, 0.717) is 13.0 Å². The third-order valence-electron chi connectivity index (χ3n) is 5.47. The van der Waals surface area contributed by atoms with Crippen LogP contribution in [-0.4, -0.2) is 46.9 Å². The number of hydrogen-bond acceptors (Lipinski definition) is 4. The number of hydrogen-bond donors (Lipinski definition) is 1. The molecule has 8 heteroatoms. The van der Waals surface area contributed by atoms with Crippen LogP contribution >= 0.6 is 0 Å². The van der Waals surface area contributed by atoms with Gasteiger partial charge in [-0.1, -0.05) is 19.1 Å². The number of H-pyrrole nitrogens is 1. The quantitative estimate of drug-likeness (QED) is 0.581. The molecule has 1 amide bonds. The smallest absolute Gasteiger partial charge is 0.247 e. The predicted molar refractivity (Wildman–Crippen MR) is 109 cm³/mol. The fourth-order valence-corrected chi connectivity index (χ4v) is 3.99. The van der Waals surface area contributed by atoms with Crippen molar-refractivity contribution < 1.29 is 4.79 Å².